The molecule has 3 nitrogen and oxygen atoms in total. The SMILES string of the molecule is C1=CC2c3cc(-c4cc(-n5c6ccccc6c6ccccc65)ccc4-n4c5ccccc5c5ccccc54)ccc3N(c3cccc4sc5ccccc5c34)C2C=C1. The average molecular weight is 758 g/mol. The third-order valence-electron chi connectivity index (χ3n) is 12.6. The quantitative estimate of drug-likeness (QED) is 0.174. The number of aromatic nitrogens is 2. The maximum atomic E-state index is 2.60. The standard InChI is InChI=1S/C54H35N3S/c1-7-20-44-36(14-1)37-15-2-8-21-45(37)55(44)35-29-31-49(56-46-22-9-3-16-38(46)39-17-4-10-23-47(39)56)42(33-35)34-28-30-50-43(32-34)40-18-5-11-24-48(40)57(50)51-25-13-27-53-54(51)41-19-6-12-26-52(41)58-53/h1-33,40,48H. The predicted octanol–water partition coefficient (Wildman–Crippen LogP) is 14.6. The van der Waals surface area contributed by atoms with Crippen LogP contribution in [-0.2, 0) is 0 Å². The van der Waals surface area contributed by atoms with Gasteiger partial charge in [-0.05, 0) is 83.9 Å². The number of anilines is 2. The lowest BCUT2D eigenvalue weighted by molar-refractivity contribution is 0.746. The Labute approximate surface area is 339 Å². The van der Waals surface area contributed by atoms with Crippen molar-refractivity contribution in [1.29, 1.82) is 0 Å². The van der Waals surface area contributed by atoms with Crippen LogP contribution in [0.4, 0.5) is 11.4 Å². The highest BCUT2D eigenvalue weighted by molar-refractivity contribution is 7.26. The van der Waals surface area contributed by atoms with E-state index in [2.05, 4.69) is 214 Å². The van der Waals surface area contributed by atoms with Gasteiger partial charge < -0.3 is 14.0 Å². The Hall–Kier alpha value is -7.14. The molecule has 2 unspecified atom stereocenters. The van der Waals surface area contributed by atoms with Gasteiger partial charge in [0.15, 0.2) is 0 Å². The summed E-state index contributed by atoms with van der Waals surface area (Å²) in [5.74, 6) is 0.220. The van der Waals surface area contributed by atoms with Crippen molar-refractivity contribution >= 4 is 86.5 Å². The van der Waals surface area contributed by atoms with Crippen molar-refractivity contribution in [2.24, 2.45) is 0 Å². The molecule has 11 aromatic rings. The third kappa shape index (κ3) is 4.43. The zero-order chi connectivity index (χ0) is 37.9. The van der Waals surface area contributed by atoms with Crippen LogP contribution in [0.5, 0.6) is 0 Å². The largest absolute Gasteiger partial charge is 0.333 e. The molecular weight excluding hydrogens is 723 g/mol. The number of fused-ring (bicyclic) bond motifs is 12. The van der Waals surface area contributed by atoms with Gasteiger partial charge in [0.05, 0.1) is 39.5 Å². The van der Waals surface area contributed by atoms with E-state index in [-0.39, 0.29) is 12.0 Å². The van der Waals surface area contributed by atoms with Crippen LogP contribution in [0, 0.1) is 0 Å². The molecule has 13 rings (SSSR count). The van der Waals surface area contributed by atoms with Crippen molar-refractivity contribution in [3.8, 4) is 22.5 Å². The highest BCUT2D eigenvalue weighted by atomic mass is 32.1. The van der Waals surface area contributed by atoms with Crippen LogP contribution in [0.25, 0.3) is 86.3 Å². The van der Waals surface area contributed by atoms with E-state index in [9.17, 15) is 0 Å². The molecule has 58 heavy (non-hydrogen) atoms. The predicted molar refractivity (Wildman–Crippen MR) is 247 cm³/mol. The van der Waals surface area contributed by atoms with Gasteiger partial charge in [-0.25, -0.2) is 0 Å². The highest BCUT2D eigenvalue weighted by Gasteiger charge is 2.38. The zero-order valence-electron chi connectivity index (χ0n) is 31.5. The Kier molecular flexibility index (Phi) is 6.72. The van der Waals surface area contributed by atoms with Gasteiger partial charge in [0.2, 0.25) is 0 Å². The van der Waals surface area contributed by atoms with Crippen molar-refractivity contribution in [3.05, 3.63) is 206 Å². The summed E-state index contributed by atoms with van der Waals surface area (Å²) in [5.41, 5.74) is 13.5. The van der Waals surface area contributed by atoms with Crippen molar-refractivity contribution in [2.75, 3.05) is 4.90 Å². The Balaban J connectivity index is 1.08. The molecule has 3 aromatic heterocycles. The van der Waals surface area contributed by atoms with Crippen LogP contribution in [0.1, 0.15) is 11.5 Å². The number of hydrogen-bond acceptors (Lipinski definition) is 2. The maximum Gasteiger partial charge on any atom is 0.0629 e. The smallest absolute Gasteiger partial charge is 0.0629 e. The normalized spacial score (nSPS) is 16.1. The van der Waals surface area contributed by atoms with Crippen molar-refractivity contribution in [3.63, 3.8) is 0 Å². The Morgan fingerprint density at radius 2 is 0.983 bits per heavy atom. The number of para-hydroxylation sites is 4. The molecule has 0 amide bonds. The number of thiophene rings is 1. The molecule has 0 spiro atoms. The molecule has 4 heterocycles. The fourth-order valence-corrected chi connectivity index (χ4v) is 11.3. The summed E-state index contributed by atoms with van der Waals surface area (Å²) < 4.78 is 7.57. The summed E-state index contributed by atoms with van der Waals surface area (Å²) in [6, 6.07) is 65.5. The van der Waals surface area contributed by atoms with Crippen LogP contribution >= 0.6 is 11.3 Å². The van der Waals surface area contributed by atoms with E-state index in [1.54, 1.807) is 0 Å². The van der Waals surface area contributed by atoms with E-state index in [0.29, 0.717) is 0 Å². The molecule has 0 saturated carbocycles. The first-order valence-corrected chi connectivity index (χ1v) is 20.9. The van der Waals surface area contributed by atoms with Gasteiger partial charge in [0.25, 0.3) is 0 Å². The Morgan fingerprint density at radius 3 is 1.67 bits per heavy atom. The van der Waals surface area contributed by atoms with E-state index < -0.39 is 0 Å². The highest BCUT2D eigenvalue weighted by Crippen LogP contribution is 2.52. The lowest BCUT2D eigenvalue weighted by Gasteiger charge is -2.29. The van der Waals surface area contributed by atoms with Crippen molar-refractivity contribution in [2.45, 2.75) is 12.0 Å². The second kappa shape index (κ2) is 12.2. The fourth-order valence-electron chi connectivity index (χ4n) is 10.2. The summed E-state index contributed by atoms with van der Waals surface area (Å²) in [5, 5.41) is 7.72. The van der Waals surface area contributed by atoms with Gasteiger partial charge in [0, 0.05) is 64.6 Å². The summed E-state index contributed by atoms with van der Waals surface area (Å²) >= 11 is 1.88. The van der Waals surface area contributed by atoms with E-state index in [1.807, 2.05) is 11.3 Å². The van der Waals surface area contributed by atoms with E-state index in [1.165, 1.54) is 97.5 Å². The van der Waals surface area contributed by atoms with Crippen LogP contribution < -0.4 is 4.90 Å². The molecule has 2 atom stereocenters. The van der Waals surface area contributed by atoms with Crippen LogP contribution in [-0.4, -0.2) is 15.2 Å². The minimum absolute atomic E-state index is 0.181. The van der Waals surface area contributed by atoms with Gasteiger partial charge in [-0.1, -0.05) is 127 Å². The van der Waals surface area contributed by atoms with Crippen molar-refractivity contribution < 1.29 is 0 Å². The molecule has 2 aliphatic rings. The Bertz CT molecular complexity index is 3450. The number of rotatable bonds is 4. The van der Waals surface area contributed by atoms with Gasteiger partial charge in [-0.2, -0.15) is 0 Å². The molecule has 0 bridgehead atoms. The fraction of sp³-hybridized carbons (Fsp3) is 0.0370. The first-order chi connectivity index (χ1) is 28.8. The van der Waals surface area contributed by atoms with E-state index in [0.717, 1.165) is 5.69 Å². The number of nitrogens with zero attached hydrogens (tertiary/aromatic N) is 3. The van der Waals surface area contributed by atoms with E-state index in [4.69, 9.17) is 0 Å². The van der Waals surface area contributed by atoms with Gasteiger partial charge in [-0.3, -0.25) is 0 Å². The number of hydrogen-bond donors (Lipinski definition) is 0. The lowest BCUT2D eigenvalue weighted by atomic mass is 9.89. The van der Waals surface area contributed by atoms with E-state index >= 15 is 0 Å². The van der Waals surface area contributed by atoms with Gasteiger partial charge >= 0.3 is 0 Å². The minimum Gasteiger partial charge on any atom is -0.333 e. The molecule has 272 valence electrons. The number of allylic oxidation sites excluding steroid dienone is 2. The average Bonchev–Trinajstić information content (AvgIpc) is 4.03. The lowest BCUT2D eigenvalue weighted by Crippen LogP contribution is -2.28. The molecule has 0 N–H and O–H groups in total. The van der Waals surface area contributed by atoms with Crippen LogP contribution in [0.15, 0.2) is 200 Å². The molecule has 4 heteroatoms. The summed E-state index contributed by atoms with van der Waals surface area (Å²) in [6.07, 6.45) is 9.25. The molecule has 1 aliphatic heterocycles. The van der Waals surface area contributed by atoms with Crippen molar-refractivity contribution in [1.82, 2.24) is 9.13 Å². The summed E-state index contributed by atoms with van der Waals surface area (Å²) in [4.78, 5) is 2.60. The van der Waals surface area contributed by atoms with Gasteiger partial charge in [-0.15, -0.1) is 11.3 Å². The number of benzene rings is 8. The maximum absolute atomic E-state index is 2.60. The zero-order valence-corrected chi connectivity index (χ0v) is 32.3. The second-order valence-electron chi connectivity index (χ2n) is 15.6. The minimum atomic E-state index is 0.181. The monoisotopic (exact) mass is 757 g/mol. The summed E-state index contributed by atoms with van der Waals surface area (Å²) in [6.45, 7) is 0. The molecule has 1 aliphatic carbocycles. The summed E-state index contributed by atoms with van der Waals surface area (Å²) in [7, 11) is 0. The van der Waals surface area contributed by atoms with Crippen LogP contribution in [0.2, 0.25) is 0 Å². The van der Waals surface area contributed by atoms with Crippen LogP contribution in [0.3, 0.4) is 0 Å². The molecular formula is C54H35N3S. The Morgan fingerprint density at radius 1 is 0.414 bits per heavy atom. The molecule has 0 radical (unpaired) electrons. The van der Waals surface area contributed by atoms with Gasteiger partial charge in [0.1, 0.15) is 0 Å². The first-order valence-electron chi connectivity index (χ1n) is 20.1. The first kappa shape index (κ1) is 32.0. The second-order valence-corrected chi connectivity index (χ2v) is 16.7. The molecule has 0 fully saturated rings. The molecule has 8 aromatic carbocycles. The molecule has 0 saturated heterocycles. The third-order valence-corrected chi connectivity index (χ3v) is 13.8. The topological polar surface area (TPSA) is 13.1 Å².